The maximum atomic E-state index is 10.1. The molecular formula is C20H15BrINO2. The Bertz CT molecular complexity index is 906. The number of nitrogens with zero attached hydrogens (tertiary/aromatic N) is 1. The van der Waals surface area contributed by atoms with Gasteiger partial charge in [0, 0.05) is 16.3 Å². The smallest absolute Gasteiger partial charge is 0.137 e. The number of ether oxygens (including phenoxy) is 1. The van der Waals surface area contributed by atoms with Gasteiger partial charge in [0.2, 0.25) is 0 Å². The molecule has 25 heavy (non-hydrogen) atoms. The lowest BCUT2D eigenvalue weighted by Gasteiger charge is -2.06. The number of aryl methyl sites for hydroxylation is 1. The Balaban J connectivity index is 1.73. The molecule has 3 rings (SSSR count). The second kappa shape index (κ2) is 8.01. The Morgan fingerprint density at radius 2 is 1.60 bits per heavy atom. The largest absolute Gasteiger partial charge is 0.506 e. The number of aliphatic imine (C=N–C) groups is 1. The van der Waals surface area contributed by atoms with Crippen LogP contribution in [0, 0.1) is 10.5 Å². The summed E-state index contributed by atoms with van der Waals surface area (Å²) in [5.74, 6) is 1.78. The monoisotopic (exact) mass is 507 g/mol. The summed E-state index contributed by atoms with van der Waals surface area (Å²) in [5.41, 5.74) is 2.65. The zero-order chi connectivity index (χ0) is 17.8. The third-order valence-corrected chi connectivity index (χ3v) is 4.78. The van der Waals surface area contributed by atoms with Crippen LogP contribution >= 0.6 is 38.5 Å². The van der Waals surface area contributed by atoms with Crippen LogP contribution in [-0.2, 0) is 0 Å². The molecule has 0 amide bonds. The second-order valence-electron chi connectivity index (χ2n) is 5.49. The molecular weight excluding hydrogens is 493 g/mol. The molecule has 0 saturated heterocycles. The summed E-state index contributed by atoms with van der Waals surface area (Å²) in [6.45, 7) is 2.04. The molecule has 0 radical (unpaired) electrons. The van der Waals surface area contributed by atoms with E-state index in [1.165, 1.54) is 5.56 Å². The molecule has 0 heterocycles. The molecule has 3 nitrogen and oxygen atoms in total. The maximum absolute atomic E-state index is 10.1. The van der Waals surface area contributed by atoms with Crippen molar-refractivity contribution in [2.45, 2.75) is 6.92 Å². The summed E-state index contributed by atoms with van der Waals surface area (Å²) in [4.78, 5) is 4.41. The van der Waals surface area contributed by atoms with E-state index in [1.807, 2.05) is 67.6 Å². The van der Waals surface area contributed by atoms with Gasteiger partial charge in [0.15, 0.2) is 0 Å². The fourth-order valence-electron chi connectivity index (χ4n) is 2.17. The third-order valence-electron chi connectivity index (χ3n) is 3.50. The van der Waals surface area contributed by atoms with Crippen LogP contribution in [0.3, 0.4) is 0 Å². The first kappa shape index (κ1) is 17.9. The van der Waals surface area contributed by atoms with Gasteiger partial charge in [-0.25, -0.2) is 0 Å². The quantitative estimate of drug-likeness (QED) is 0.319. The molecule has 3 aromatic rings. The van der Waals surface area contributed by atoms with Crippen LogP contribution in [0.1, 0.15) is 11.1 Å². The summed E-state index contributed by atoms with van der Waals surface area (Å²) in [7, 11) is 0. The van der Waals surface area contributed by atoms with Crippen molar-refractivity contribution in [3.8, 4) is 17.2 Å². The molecule has 0 unspecified atom stereocenters. The molecule has 0 aliphatic rings. The molecule has 126 valence electrons. The second-order valence-corrected chi connectivity index (χ2v) is 7.57. The Morgan fingerprint density at radius 1 is 1.00 bits per heavy atom. The first-order chi connectivity index (χ1) is 12.0. The van der Waals surface area contributed by atoms with Gasteiger partial charge in [-0.05, 0) is 78.0 Å². The van der Waals surface area contributed by atoms with Gasteiger partial charge in [-0.15, -0.1) is 0 Å². The highest BCUT2D eigenvalue weighted by molar-refractivity contribution is 14.1. The molecule has 0 spiro atoms. The SMILES string of the molecule is Cc1ccc(Oc2ccc(N=Cc3cc(Br)cc(I)c3O)cc2)cc1. The van der Waals surface area contributed by atoms with Crippen molar-refractivity contribution in [3.05, 3.63) is 79.8 Å². The summed E-state index contributed by atoms with van der Waals surface area (Å²) in [5, 5.41) is 10.1. The average molecular weight is 508 g/mol. The molecule has 0 bridgehead atoms. The number of benzene rings is 3. The molecule has 0 aliphatic heterocycles. The predicted octanol–water partition coefficient (Wildman–Crippen LogP) is 6.61. The highest BCUT2D eigenvalue weighted by Gasteiger charge is 2.05. The van der Waals surface area contributed by atoms with E-state index >= 15 is 0 Å². The Morgan fingerprint density at radius 3 is 2.24 bits per heavy atom. The van der Waals surface area contributed by atoms with E-state index in [0.29, 0.717) is 5.56 Å². The van der Waals surface area contributed by atoms with Crippen LogP contribution in [0.15, 0.2) is 70.1 Å². The van der Waals surface area contributed by atoms with Crippen molar-refractivity contribution in [2.75, 3.05) is 0 Å². The first-order valence-corrected chi connectivity index (χ1v) is 9.45. The van der Waals surface area contributed by atoms with Crippen molar-refractivity contribution < 1.29 is 9.84 Å². The number of rotatable bonds is 4. The zero-order valence-electron chi connectivity index (χ0n) is 13.4. The van der Waals surface area contributed by atoms with E-state index in [-0.39, 0.29) is 5.75 Å². The number of phenols is 1. The summed E-state index contributed by atoms with van der Waals surface area (Å²) in [6, 6.07) is 19.1. The Kier molecular flexibility index (Phi) is 5.75. The Labute approximate surface area is 168 Å². The number of aromatic hydroxyl groups is 1. The average Bonchev–Trinajstić information content (AvgIpc) is 2.60. The van der Waals surface area contributed by atoms with Gasteiger partial charge < -0.3 is 9.84 Å². The van der Waals surface area contributed by atoms with Crippen LogP contribution in [0.25, 0.3) is 0 Å². The molecule has 3 aromatic carbocycles. The summed E-state index contributed by atoms with van der Waals surface area (Å²) < 4.78 is 7.48. The lowest BCUT2D eigenvalue weighted by atomic mass is 10.2. The highest BCUT2D eigenvalue weighted by Crippen LogP contribution is 2.28. The third kappa shape index (κ3) is 4.83. The van der Waals surface area contributed by atoms with Crippen molar-refractivity contribution in [3.63, 3.8) is 0 Å². The van der Waals surface area contributed by atoms with E-state index in [1.54, 1.807) is 6.21 Å². The maximum Gasteiger partial charge on any atom is 0.137 e. The minimum absolute atomic E-state index is 0.229. The van der Waals surface area contributed by atoms with Crippen LogP contribution in [-0.4, -0.2) is 11.3 Å². The fourth-order valence-corrected chi connectivity index (χ4v) is 3.72. The van der Waals surface area contributed by atoms with Gasteiger partial charge in [-0.2, -0.15) is 0 Å². The van der Waals surface area contributed by atoms with E-state index in [2.05, 4.69) is 43.5 Å². The normalized spacial score (nSPS) is 11.0. The van der Waals surface area contributed by atoms with Crippen LogP contribution in [0.5, 0.6) is 17.2 Å². The van der Waals surface area contributed by atoms with Gasteiger partial charge in [0.1, 0.15) is 17.2 Å². The van der Waals surface area contributed by atoms with Gasteiger partial charge in [-0.3, -0.25) is 4.99 Å². The van der Waals surface area contributed by atoms with E-state index in [4.69, 9.17) is 4.74 Å². The highest BCUT2D eigenvalue weighted by atomic mass is 127. The zero-order valence-corrected chi connectivity index (χ0v) is 17.2. The van der Waals surface area contributed by atoms with E-state index in [0.717, 1.165) is 25.2 Å². The minimum atomic E-state index is 0.229. The van der Waals surface area contributed by atoms with Crippen LogP contribution < -0.4 is 4.74 Å². The lowest BCUT2D eigenvalue weighted by molar-refractivity contribution is 0.470. The molecule has 1 N–H and O–H groups in total. The fraction of sp³-hybridized carbons (Fsp3) is 0.0500. The Hall–Kier alpha value is -1.86. The van der Waals surface area contributed by atoms with Crippen molar-refractivity contribution in [1.82, 2.24) is 0 Å². The number of hydrogen-bond acceptors (Lipinski definition) is 3. The number of phenolic OH excluding ortho intramolecular Hbond substituents is 1. The summed E-state index contributed by atoms with van der Waals surface area (Å²) >= 11 is 5.51. The molecule has 0 aromatic heterocycles. The topological polar surface area (TPSA) is 41.8 Å². The van der Waals surface area contributed by atoms with Gasteiger partial charge in [-0.1, -0.05) is 33.6 Å². The molecule has 0 atom stereocenters. The molecule has 5 heteroatoms. The van der Waals surface area contributed by atoms with Gasteiger partial charge >= 0.3 is 0 Å². The van der Waals surface area contributed by atoms with Crippen LogP contribution in [0.2, 0.25) is 0 Å². The van der Waals surface area contributed by atoms with Gasteiger partial charge in [0.25, 0.3) is 0 Å². The minimum Gasteiger partial charge on any atom is -0.506 e. The number of halogens is 2. The predicted molar refractivity (Wildman–Crippen MR) is 113 cm³/mol. The molecule has 0 fully saturated rings. The lowest BCUT2D eigenvalue weighted by Crippen LogP contribution is -1.86. The van der Waals surface area contributed by atoms with Crippen molar-refractivity contribution in [2.24, 2.45) is 4.99 Å². The first-order valence-electron chi connectivity index (χ1n) is 7.58. The number of hydrogen-bond donors (Lipinski definition) is 1. The van der Waals surface area contributed by atoms with Crippen molar-refractivity contribution >= 4 is 50.4 Å². The molecule has 0 aliphatic carbocycles. The summed E-state index contributed by atoms with van der Waals surface area (Å²) in [6.07, 6.45) is 1.65. The van der Waals surface area contributed by atoms with Crippen molar-refractivity contribution in [1.29, 1.82) is 0 Å². The standard InChI is InChI=1S/C20H15BrINO2/c1-13-2-6-17(7-3-13)25-18-8-4-16(5-9-18)23-12-14-10-15(21)11-19(22)20(14)24/h2-12,24H,1H3. The van der Waals surface area contributed by atoms with E-state index < -0.39 is 0 Å². The van der Waals surface area contributed by atoms with E-state index in [9.17, 15) is 5.11 Å². The van der Waals surface area contributed by atoms with Gasteiger partial charge in [0.05, 0.1) is 9.26 Å². The van der Waals surface area contributed by atoms with Crippen LogP contribution in [0.4, 0.5) is 5.69 Å². The molecule has 0 saturated carbocycles.